The van der Waals surface area contributed by atoms with Gasteiger partial charge in [0.1, 0.15) is 5.82 Å². The Hall–Kier alpha value is -1.01. The van der Waals surface area contributed by atoms with E-state index in [1.165, 1.54) is 12.1 Å². The van der Waals surface area contributed by atoms with Gasteiger partial charge in [0.25, 0.3) is 5.69 Å². The van der Waals surface area contributed by atoms with Gasteiger partial charge in [0.2, 0.25) is 0 Å². The average molecular weight is 319 g/mol. The maximum Gasteiger partial charge on any atom is 0.273 e. The van der Waals surface area contributed by atoms with Crippen LogP contribution in [0.1, 0.15) is 25.8 Å². The van der Waals surface area contributed by atoms with E-state index in [-0.39, 0.29) is 16.2 Å². The molecule has 0 heterocycles. The van der Waals surface area contributed by atoms with E-state index < -0.39 is 10.7 Å². The minimum absolute atomic E-state index is 0.0478. The standard InChI is InChI=1S/C12H16BrFN2O2/c1-3-4-15-8(2)5-9-6-11(14)10(13)7-12(9)16(17)18/h6-8,15H,3-5H2,1-2H3. The summed E-state index contributed by atoms with van der Waals surface area (Å²) in [5.41, 5.74) is 0.366. The number of hydrogen-bond donors (Lipinski definition) is 1. The fraction of sp³-hybridized carbons (Fsp3) is 0.500. The lowest BCUT2D eigenvalue weighted by molar-refractivity contribution is -0.385. The Morgan fingerprint density at radius 2 is 2.22 bits per heavy atom. The smallest absolute Gasteiger partial charge is 0.273 e. The number of hydrogen-bond acceptors (Lipinski definition) is 3. The number of rotatable bonds is 6. The van der Waals surface area contributed by atoms with Crippen molar-refractivity contribution in [1.82, 2.24) is 5.32 Å². The molecule has 1 aromatic rings. The second kappa shape index (κ2) is 6.80. The highest BCUT2D eigenvalue weighted by Gasteiger charge is 2.18. The summed E-state index contributed by atoms with van der Waals surface area (Å²) in [5.74, 6) is -0.474. The lowest BCUT2D eigenvalue weighted by atomic mass is 10.0. The molecule has 0 spiro atoms. The van der Waals surface area contributed by atoms with Gasteiger partial charge in [-0.05, 0) is 48.3 Å². The van der Waals surface area contributed by atoms with Crippen LogP contribution in [-0.2, 0) is 6.42 Å². The first kappa shape index (κ1) is 15.0. The van der Waals surface area contributed by atoms with Gasteiger partial charge in [0, 0.05) is 17.7 Å². The molecule has 100 valence electrons. The van der Waals surface area contributed by atoms with E-state index in [1.807, 2.05) is 13.8 Å². The van der Waals surface area contributed by atoms with Crippen molar-refractivity contribution in [2.24, 2.45) is 0 Å². The van der Waals surface area contributed by atoms with Gasteiger partial charge in [-0.1, -0.05) is 6.92 Å². The maximum absolute atomic E-state index is 13.4. The highest BCUT2D eigenvalue weighted by Crippen LogP contribution is 2.27. The largest absolute Gasteiger partial charge is 0.314 e. The molecule has 4 nitrogen and oxygen atoms in total. The van der Waals surface area contributed by atoms with Gasteiger partial charge in [0.15, 0.2) is 0 Å². The molecule has 1 unspecified atom stereocenters. The highest BCUT2D eigenvalue weighted by atomic mass is 79.9. The van der Waals surface area contributed by atoms with Crippen LogP contribution in [0.5, 0.6) is 0 Å². The van der Waals surface area contributed by atoms with Gasteiger partial charge in [-0.15, -0.1) is 0 Å². The first-order valence-corrected chi connectivity index (χ1v) is 6.60. The molecule has 0 aliphatic heterocycles. The average Bonchev–Trinajstić information content (AvgIpc) is 2.30. The van der Waals surface area contributed by atoms with E-state index in [2.05, 4.69) is 21.2 Å². The van der Waals surface area contributed by atoms with E-state index in [9.17, 15) is 14.5 Å². The first-order valence-electron chi connectivity index (χ1n) is 5.81. The Labute approximate surface area is 114 Å². The van der Waals surface area contributed by atoms with Crippen molar-refractivity contribution in [3.63, 3.8) is 0 Å². The van der Waals surface area contributed by atoms with Crippen LogP contribution < -0.4 is 5.32 Å². The number of halogens is 2. The van der Waals surface area contributed by atoms with Crippen LogP contribution in [0.2, 0.25) is 0 Å². The van der Waals surface area contributed by atoms with Crippen LogP contribution in [-0.4, -0.2) is 17.5 Å². The third kappa shape index (κ3) is 4.03. The zero-order chi connectivity index (χ0) is 13.7. The number of nitrogens with one attached hydrogen (secondary N) is 1. The fourth-order valence-corrected chi connectivity index (χ4v) is 2.04. The third-order valence-electron chi connectivity index (χ3n) is 2.59. The van der Waals surface area contributed by atoms with Gasteiger partial charge in [-0.25, -0.2) is 4.39 Å². The van der Waals surface area contributed by atoms with Gasteiger partial charge >= 0.3 is 0 Å². The quantitative estimate of drug-likeness (QED) is 0.645. The molecule has 0 radical (unpaired) electrons. The molecule has 1 N–H and O–H groups in total. The summed E-state index contributed by atoms with van der Waals surface area (Å²) in [4.78, 5) is 10.4. The van der Waals surface area contributed by atoms with Crippen LogP contribution in [0.25, 0.3) is 0 Å². The summed E-state index contributed by atoms with van der Waals surface area (Å²) in [6.07, 6.45) is 1.42. The second-order valence-electron chi connectivity index (χ2n) is 4.21. The van der Waals surface area contributed by atoms with Crippen molar-refractivity contribution in [2.75, 3.05) is 6.54 Å². The van der Waals surface area contributed by atoms with Crippen LogP contribution in [0.15, 0.2) is 16.6 Å². The summed E-state index contributed by atoms with van der Waals surface area (Å²) in [6.45, 7) is 4.81. The maximum atomic E-state index is 13.4. The van der Waals surface area contributed by atoms with E-state index >= 15 is 0 Å². The highest BCUT2D eigenvalue weighted by molar-refractivity contribution is 9.10. The molecule has 1 rings (SSSR count). The Balaban J connectivity index is 2.93. The molecule has 0 aliphatic carbocycles. The number of benzene rings is 1. The van der Waals surface area contributed by atoms with Gasteiger partial charge in [-0.2, -0.15) is 0 Å². The molecule has 18 heavy (non-hydrogen) atoms. The predicted octanol–water partition coefficient (Wildman–Crippen LogP) is 3.43. The lowest BCUT2D eigenvalue weighted by Crippen LogP contribution is -2.28. The Morgan fingerprint density at radius 3 is 2.78 bits per heavy atom. The summed E-state index contributed by atoms with van der Waals surface area (Å²) in [6, 6.07) is 2.52. The van der Waals surface area contributed by atoms with Crippen LogP contribution >= 0.6 is 15.9 Å². The molecular formula is C12H16BrFN2O2. The molecule has 0 saturated heterocycles. The summed E-state index contributed by atoms with van der Waals surface area (Å²) < 4.78 is 13.6. The molecule has 0 aliphatic rings. The molecule has 0 amide bonds. The van der Waals surface area contributed by atoms with Crippen LogP contribution in [0.3, 0.4) is 0 Å². The van der Waals surface area contributed by atoms with Crippen molar-refractivity contribution >= 4 is 21.6 Å². The SMILES string of the molecule is CCCNC(C)Cc1cc(F)c(Br)cc1[N+](=O)[O-]. The molecule has 0 fully saturated rings. The van der Waals surface area contributed by atoms with E-state index in [1.54, 1.807) is 0 Å². The second-order valence-corrected chi connectivity index (χ2v) is 5.07. The van der Waals surface area contributed by atoms with E-state index in [0.29, 0.717) is 12.0 Å². The van der Waals surface area contributed by atoms with Crippen molar-refractivity contribution in [3.8, 4) is 0 Å². The van der Waals surface area contributed by atoms with Crippen molar-refractivity contribution in [1.29, 1.82) is 0 Å². The summed E-state index contributed by atoms with van der Waals surface area (Å²) >= 11 is 2.96. The Morgan fingerprint density at radius 1 is 1.56 bits per heavy atom. The first-order chi connectivity index (χ1) is 8.45. The van der Waals surface area contributed by atoms with Gasteiger partial charge in [0.05, 0.1) is 9.40 Å². The van der Waals surface area contributed by atoms with Crippen molar-refractivity contribution in [2.45, 2.75) is 32.7 Å². The lowest BCUT2D eigenvalue weighted by Gasteiger charge is -2.13. The molecule has 0 saturated carbocycles. The van der Waals surface area contributed by atoms with Crippen LogP contribution in [0, 0.1) is 15.9 Å². The number of nitrogens with zero attached hydrogens (tertiary/aromatic N) is 1. The summed E-state index contributed by atoms with van der Waals surface area (Å²) in [5, 5.41) is 14.1. The topological polar surface area (TPSA) is 55.2 Å². The normalized spacial score (nSPS) is 12.4. The number of nitro groups is 1. The van der Waals surface area contributed by atoms with Crippen molar-refractivity contribution < 1.29 is 9.31 Å². The van der Waals surface area contributed by atoms with Crippen molar-refractivity contribution in [3.05, 3.63) is 38.1 Å². The molecule has 6 heteroatoms. The number of nitro benzene ring substituents is 1. The molecule has 0 bridgehead atoms. The third-order valence-corrected chi connectivity index (χ3v) is 3.19. The Bertz CT molecular complexity index is 440. The summed E-state index contributed by atoms with van der Waals surface area (Å²) in [7, 11) is 0. The minimum Gasteiger partial charge on any atom is -0.314 e. The minimum atomic E-state index is -0.480. The molecular weight excluding hydrogens is 303 g/mol. The monoisotopic (exact) mass is 318 g/mol. The van der Waals surface area contributed by atoms with Gasteiger partial charge < -0.3 is 5.32 Å². The van der Waals surface area contributed by atoms with E-state index in [4.69, 9.17) is 0 Å². The zero-order valence-corrected chi connectivity index (χ0v) is 12.0. The van der Waals surface area contributed by atoms with E-state index in [0.717, 1.165) is 13.0 Å². The fourth-order valence-electron chi connectivity index (χ4n) is 1.70. The van der Waals surface area contributed by atoms with Crippen LogP contribution in [0.4, 0.5) is 10.1 Å². The molecule has 1 atom stereocenters. The predicted molar refractivity (Wildman–Crippen MR) is 72.2 cm³/mol. The Kier molecular flexibility index (Phi) is 5.68. The molecule has 1 aromatic carbocycles. The van der Waals surface area contributed by atoms with Gasteiger partial charge in [-0.3, -0.25) is 10.1 Å². The molecule has 0 aromatic heterocycles. The zero-order valence-electron chi connectivity index (χ0n) is 10.4.